The Kier molecular flexibility index (Phi) is 14.1. The number of nitrogens with one attached hydrogen (secondary N) is 4. The molecule has 1 saturated heterocycles. The van der Waals surface area contributed by atoms with Gasteiger partial charge in [-0.05, 0) is 47.6 Å². The number of benzene rings is 3. The first-order valence-electron chi connectivity index (χ1n) is 15.4. The van der Waals surface area contributed by atoms with E-state index < -0.39 is 23.9 Å². The zero-order valence-electron chi connectivity index (χ0n) is 25.6. The highest BCUT2D eigenvalue weighted by molar-refractivity contribution is 5.93. The lowest BCUT2D eigenvalue weighted by molar-refractivity contribution is -0.130. The minimum absolute atomic E-state index is 0. The van der Waals surface area contributed by atoms with Crippen LogP contribution in [0.3, 0.4) is 0 Å². The summed E-state index contributed by atoms with van der Waals surface area (Å²) in [6, 6.07) is 21.2. The van der Waals surface area contributed by atoms with Gasteiger partial charge in [-0.1, -0.05) is 93.1 Å². The zero-order chi connectivity index (χ0) is 31.7. The summed E-state index contributed by atoms with van der Waals surface area (Å²) in [5, 5.41) is 12.9. The minimum atomic E-state index is -0.920. The van der Waals surface area contributed by atoms with Crippen LogP contribution in [-0.4, -0.2) is 55.1 Å². The van der Waals surface area contributed by atoms with Crippen LogP contribution in [0.2, 0.25) is 0 Å². The molecule has 3 aromatic carbocycles. The molecule has 4 amide bonds. The summed E-state index contributed by atoms with van der Waals surface area (Å²) in [4.78, 5) is 62.3. The first kappa shape index (κ1) is 34.0. The van der Waals surface area contributed by atoms with Gasteiger partial charge in [-0.3, -0.25) is 19.2 Å². The van der Waals surface area contributed by atoms with Gasteiger partial charge < -0.3 is 26.1 Å². The molecule has 0 aliphatic carbocycles. The van der Waals surface area contributed by atoms with Crippen LogP contribution in [0.1, 0.15) is 61.4 Å². The summed E-state index contributed by atoms with van der Waals surface area (Å²) in [5.41, 5.74) is 1.71. The highest BCUT2D eigenvalue weighted by Gasteiger charge is 2.25. The largest absolute Gasteiger partial charge is 0.356 e. The summed E-state index contributed by atoms with van der Waals surface area (Å²) >= 11 is 0. The van der Waals surface area contributed by atoms with Crippen molar-refractivity contribution in [2.75, 3.05) is 13.1 Å². The number of hydrogen-bond donors (Lipinski definition) is 4. The molecule has 0 bridgehead atoms. The lowest BCUT2D eigenvalue weighted by Gasteiger charge is -2.23. The van der Waals surface area contributed by atoms with Gasteiger partial charge in [-0.2, -0.15) is 0 Å². The number of hydrogen-bond acceptors (Lipinski definition) is 5. The highest BCUT2D eigenvalue weighted by atomic mass is 16.2. The third-order valence-electron chi connectivity index (χ3n) is 7.32. The van der Waals surface area contributed by atoms with Gasteiger partial charge in [0.2, 0.25) is 23.6 Å². The van der Waals surface area contributed by atoms with Crippen LogP contribution >= 0.6 is 0 Å². The number of carbonyl (C=O) groups is 5. The van der Waals surface area contributed by atoms with Crippen LogP contribution in [0.4, 0.5) is 0 Å². The molecule has 0 saturated carbocycles. The molecule has 0 unspecified atom stereocenters. The van der Waals surface area contributed by atoms with E-state index in [0.717, 1.165) is 34.7 Å². The average Bonchev–Trinajstić information content (AvgIpc) is 3.03. The van der Waals surface area contributed by atoms with Gasteiger partial charge in [0.15, 0.2) is 0 Å². The number of fused-ring (bicyclic) bond motifs is 1. The van der Waals surface area contributed by atoms with Crippen molar-refractivity contribution in [2.24, 2.45) is 5.92 Å². The van der Waals surface area contributed by atoms with E-state index >= 15 is 0 Å². The molecule has 4 N–H and O–H groups in total. The molecule has 1 aliphatic rings. The van der Waals surface area contributed by atoms with Crippen LogP contribution in [0, 0.1) is 5.92 Å². The monoisotopic (exact) mass is 606 g/mol. The van der Waals surface area contributed by atoms with Crippen molar-refractivity contribution in [1.29, 1.82) is 0 Å². The van der Waals surface area contributed by atoms with Crippen LogP contribution in [0.25, 0.3) is 10.8 Å². The maximum Gasteiger partial charge on any atom is 0.243 e. The second-order valence-electron chi connectivity index (χ2n) is 11.1. The minimum Gasteiger partial charge on any atom is -0.356 e. The fourth-order valence-electron chi connectivity index (χ4n) is 5.14. The Balaban J connectivity index is 0.00000339. The van der Waals surface area contributed by atoms with Crippen LogP contribution in [0.5, 0.6) is 0 Å². The highest BCUT2D eigenvalue weighted by Crippen LogP contribution is 2.20. The Bertz CT molecular complexity index is 1400. The molecule has 3 aromatic rings. The van der Waals surface area contributed by atoms with Gasteiger partial charge in [0.25, 0.3) is 0 Å². The van der Waals surface area contributed by atoms with Gasteiger partial charge in [-0.25, -0.2) is 0 Å². The predicted octanol–water partition coefficient (Wildman–Crippen LogP) is 4.37. The number of aldehydes is 1. The van der Waals surface area contributed by atoms with Crippen molar-refractivity contribution in [3.63, 3.8) is 0 Å². The SMILES string of the molecule is CCC.O=C[C@H](CC[C@@H]1CCCNC1=O)NC(=O)CNC(=O)[C@H](Cc1cccc2ccccc12)NC(=O)Cc1ccccc1.[HH].[HH].[HH]. The summed E-state index contributed by atoms with van der Waals surface area (Å²) < 4.78 is 0. The zero-order valence-corrected chi connectivity index (χ0v) is 25.6. The average molecular weight is 607 g/mol. The van der Waals surface area contributed by atoms with Gasteiger partial charge >= 0.3 is 0 Å². The molecule has 9 heteroatoms. The van der Waals surface area contributed by atoms with Gasteiger partial charge in [0, 0.05) is 23.2 Å². The van der Waals surface area contributed by atoms with Crippen LogP contribution in [-0.2, 0) is 36.8 Å². The molecule has 44 heavy (non-hydrogen) atoms. The lowest BCUT2D eigenvalue weighted by Crippen LogP contribution is -2.51. The van der Waals surface area contributed by atoms with E-state index in [4.69, 9.17) is 0 Å². The number of carbonyl (C=O) groups excluding carboxylic acids is 5. The maximum absolute atomic E-state index is 13.3. The lowest BCUT2D eigenvalue weighted by atomic mass is 9.92. The van der Waals surface area contributed by atoms with E-state index in [1.165, 1.54) is 6.42 Å². The third-order valence-corrected chi connectivity index (χ3v) is 7.32. The van der Waals surface area contributed by atoms with Crippen molar-refractivity contribution in [3.8, 4) is 0 Å². The first-order valence-corrected chi connectivity index (χ1v) is 15.4. The molecule has 4 rings (SSSR count). The number of rotatable bonds is 13. The third kappa shape index (κ3) is 10.9. The molecule has 0 spiro atoms. The summed E-state index contributed by atoms with van der Waals surface area (Å²) in [7, 11) is 0. The van der Waals surface area contributed by atoms with Crippen molar-refractivity contribution in [2.45, 2.75) is 70.9 Å². The van der Waals surface area contributed by atoms with E-state index in [-0.39, 0.29) is 41.4 Å². The Morgan fingerprint density at radius 2 is 1.66 bits per heavy atom. The summed E-state index contributed by atoms with van der Waals surface area (Å²) in [5.74, 6) is -1.53. The van der Waals surface area contributed by atoms with Crippen molar-refractivity contribution >= 4 is 40.7 Å². The van der Waals surface area contributed by atoms with E-state index in [0.29, 0.717) is 25.7 Å². The molecule has 1 heterocycles. The Hall–Kier alpha value is -4.53. The Labute approximate surface area is 264 Å². The van der Waals surface area contributed by atoms with Gasteiger partial charge in [0.1, 0.15) is 12.3 Å². The second kappa shape index (κ2) is 18.2. The van der Waals surface area contributed by atoms with Gasteiger partial charge in [0.05, 0.1) is 19.0 Å². The van der Waals surface area contributed by atoms with Crippen molar-refractivity contribution in [3.05, 3.63) is 83.9 Å². The molecular formula is C35H50N4O5. The first-order chi connectivity index (χ1) is 21.3. The smallest absolute Gasteiger partial charge is 0.243 e. The normalized spacial score (nSPS) is 15.5. The second-order valence-corrected chi connectivity index (χ2v) is 11.1. The van der Waals surface area contributed by atoms with Crippen LogP contribution < -0.4 is 21.3 Å². The fraction of sp³-hybridized carbons (Fsp3) is 0.400. The Morgan fingerprint density at radius 1 is 0.955 bits per heavy atom. The molecule has 9 nitrogen and oxygen atoms in total. The number of amides is 4. The topological polar surface area (TPSA) is 133 Å². The van der Waals surface area contributed by atoms with Crippen molar-refractivity contribution in [1.82, 2.24) is 21.3 Å². The van der Waals surface area contributed by atoms with Crippen LogP contribution in [0.15, 0.2) is 72.8 Å². The molecule has 1 aliphatic heterocycles. The number of piperidine rings is 1. The van der Waals surface area contributed by atoms with E-state index in [1.54, 1.807) is 0 Å². The summed E-state index contributed by atoms with van der Waals surface area (Å²) in [6.45, 7) is 4.56. The summed E-state index contributed by atoms with van der Waals surface area (Å²) in [6.07, 6.45) is 4.71. The molecule has 0 radical (unpaired) electrons. The maximum atomic E-state index is 13.3. The Morgan fingerprint density at radius 3 is 2.39 bits per heavy atom. The fourth-order valence-corrected chi connectivity index (χ4v) is 5.14. The molecule has 240 valence electrons. The molecule has 1 fully saturated rings. The predicted molar refractivity (Wildman–Crippen MR) is 178 cm³/mol. The van der Waals surface area contributed by atoms with Gasteiger partial charge in [-0.15, -0.1) is 0 Å². The van der Waals surface area contributed by atoms with E-state index in [1.807, 2.05) is 72.8 Å². The molecular weight excluding hydrogens is 556 g/mol. The van der Waals surface area contributed by atoms with Crippen molar-refractivity contribution < 1.29 is 28.3 Å². The molecule has 0 aromatic heterocycles. The molecule has 3 atom stereocenters. The standard InChI is InChI=1S/C32H36N4O5.C3H8.3H2/c37-21-26(16-15-24-13-7-17-33-31(24)40)35-30(39)20-34-32(41)28(36-29(38)18-22-8-2-1-3-9-22)19-25-12-6-11-23-10-4-5-14-27(23)25;1-3-2;;;/h1-6,8-12,14,21,24,26,28H,7,13,15-20H2,(H,33,40)(H,34,41)(H,35,39)(H,36,38);3H2,1-2H3;3*1H/t24-,26-,28-;;;;/m0..../s1. The van der Waals surface area contributed by atoms with E-state index in [2.05, 4.69) is 35.1 Å². The quantitative estimate of drug-likeness (QED) is 0.215. The van der Waals surface area contributed by atoms with E-state index in [9.17, 15) is 24.0 Å².